The van der Waals surface area contributed by atoms with E-state index in [4.69, 9.17) is 16.2 Å². The monoisotopic (exact) mass is 302 g/mol. The standard InChI is InChI=1S/C11H22N6O4/c1-7(18)5-8(19)3-2-4-9(20)6-10(21)11(14-16-12)15-17-13/h7-11,18-21H,2-6H2,1H3. The second-order valence-corrected chi connectivity index (χ2v) is 4.95. The number of hydrogen-bond acceptors (Lipinski definition) is 6. The Bertz CT molecular complexity index is 363. The zero-order valence-electron chi connectivity index (χ0n) is 11.9. The average Bonchev–Trinajstić information content (AvgIpc) is 2.37. The predicted molar refractivity (Wildman–Crippen MR) is 74.9 cm³/mol. The first kappa shape index (κ1) is 19.5. The summed E-state index contributed by atoms with van der Waals surface area (Å²) in [6.07, 6.45) is -3.23. The Morgan fingerprint density at radius 2 is 1.38 bits per heavy atom. The average molecular weight is 302 g/mol. The SMILES string of the molecule is CC(O)CC(O)CCCC(O)CC(O)C(N=[N+]=[N-])N=[N+]=[N-]. The Labute approximate surface area is 122 Å². The normalized spacial score (nSPS) is 17.8. The van der Waals surface area contributed by atoms with Crippen molar-refractivity contribution in [3.63, 3.8) is 0 Å². The first-order valence-corrected chi connectivity index (χ1v) is 6.71. The van der Waals surface area contributed by atoms with Gasteiger partial charge in [0.05, 0.1) is 24.4 Å². The number of aliphatic hydroxyl groups excluding tert-OH is 4. The van der Waals surface area contributed by atoms with E-state index in [-0.39, 0.29) is 12.8 Å². The lowest BCUT2D eigenvalue weighted by Gasteiger charge is -2.18. The summed E-state index contributed by atoms with van der Waals surface area (Å²) in [5, 5.41) is 44.3. The molecule has 0 saturated carbocycles. The fourth-order valence-corrected chi connectivity index (χ4v) is 1.90. The number of rotatable bonds is 11. The van der Waals surface area contributed by atoms with Crippen LogP contribution in [0.1, 0.15) is 39.0 Å². The van der Waals surface area contributed by atoms with E-state index in [0.29, 0.717) is 19.3 Å². The summed E-state index contributed by atoms with van der Waals surface area (Å²) in [6.45, 7) is 1.58. The van der Waals surface area contributed by atoms with Gasteiger partial charge in [-0.3, -0.25) is 0 Å². The van der Waals surface area contributed by atoms with Crippen molar-refractivity contribution in [3.05, 3.63) is 20.9 Å². The van der Waals surface area contributed by atoms with Crippen LogP contribution < -0.4 is 0 Å². The van der Waals surface area contributed by atoms with Gasteiger partial charge in [-0.25, -0.2) is 0 Å². The number of hydrogen-bond donors (Lipinski definition) is 4. The van der Waals surface area contributed by atoms with E-state index in [1.54, 1.807) is 6.92 Å². The minimum absolute atomic E-state index is 0.102. The lowest BCUT2D eigenvalue weighted by atomic mass is 10.0. The zero-order valence-corrected chi connectivity index (χ0v) is 11.9. The molecule has 0 heterocycles. The fraction of sp³-hybridized carbons (Fsp3) is 1.00. The van der Waals surface area contributed by atoms with Crippen LogP contribution in [0.15, 0.2) is 10.2 Å². The molecule has 0 aromatic rings. The third-order valence-electron chi connectivity index (χ3n) is 2.89. The van der Waals surface area contributed by atoms with Gasteiger partial charge in [0.1, 0.15) is 6.17 Å². The highest BCUT2D eigenvalue weighted by Gasteiger charge is 2.20. The van der Waals surface area contributed by atoms with Crippen molar-refractivity contribution in [2.45, 2.75) is 69.6 Å². The summed E-state index contributed by atoms with van der Waals surface area (Å²) in [5.41, 5.74) is 16.5. The summed E-state index contributed by atoms with van der Waals surface area (Å²) in [7, 11) is 0. The second-order valence-electron chi connectivity index (χ2n) is 4.95. The van der Waals surface area contributed by atoms with Crippen LogP contribution in [0.2, 0.25) is 0 Å². The van der Waals surface area contributed by atoms with Gasteiger partial charge < -0.3 is 20.4 Å². The van der Waals surface area contributed by atoms with Crippen molar-refractivity contribution in [1.29, 1.82) is 0 Å². The minimum Gasteiger partial charge on any atom is -0.393 e. The number of nitrogens with zero attached hydrogens (tertiary/aromatic N) is 6. The highest BCUT2D eigenvalue weighted by atomic mass is 16.3. The highest BCUT2D eigenvalue weighted by Crippen LogP contribution is 2.14. The fourth-order valence-electron chi connectivity index (χ4n) is 1.90. The molecule has 0 rings (SSSR count). The molecule has 0 spiro atoms. The Morgan fingerprint density at radius 1 is 0.905 bits per heavy atom. The van der Waals surface area contributed by atoms with Crippen LogP contribution in [0.4, 0.5) is 0 Å². The maximum absolute atomic E-state index is 9.74. The van der Waals surface area contributed by atoms with Crippen LogP contribution in [0.3, 0.4) is 0 Å². The van der Waals surface area contributed by atoms with Gasteiger partial charge in [0, 0.05) is 9.82 Å². The molecule has 10 heteroatoms. The van der Waals surface area contributed by atoms with Crippen molar-refractivity contribution in [2.75, 3.05) is 0 Å². The molecule has 0 bridgehead atoms. The summed E-state index contributed by atoms with van der Waals surface area (Å²) in [5.74, 6) is 0. The summed E-state index contributed by atoms with van der Waals surface area (Å²) >= 11 is 0. The molecule has 0 fully saturated rings. The van der Waals surface area contributed by atoms with Crippen molar-refractivity contribution in [3.8, 4) is 0 Å². The van der Waals surface area contributed by atoms with Crippen LogP contribution >= 0.6 is 0 Å². The van der Waals surface area contributed by atoms with Crippen LogP contribution in [-0.4, -0.2) is 51.0 Å². The summed E-state index contributed by atoms with van der Waals surface area (Å²) in [4.78, 5) is 4.92. The van der Waals surface area contributed by atoms with Crippen molar-refractivity contribution in [1.82, 2.24) is 0 Å². The minimum atomic E-state index is -1.30. The van der Waals surface area contributed by atoms with Gasteiger partial charge in [-0.1, -0.05) is 10.2 Å². The van der Waals surface area contributed by atoms with Crippen LogP contribution in [-0.2, 0) is 0 Å². The molecule has 0 amide bonds. The van der Waals surface area contributed by atoms with E-state index < -0.39 is 30.6 Å². The topological polar surface area (TPSA) is 178 Å². The Balaban J connectivity index is 4.09. The molecular weight excluding hydrogens is 280 g/mol. The van der Waals surface area contributed by atoms with E-state index in [1.807, 2.05) is 0 Å². The Kier molecular flexibility index (Phi) is 10.3. The summed E-state index contributed by atoms with van der Waals surface area (Å²) in [6, 6.07) is 0. The van der Waals surface area contributed by atoms with Crippen molar-refractivity contribution >= 4 is 0 Å². The van der Waals surface area contributed by atoms with Crippen molar-refractivity contribution < 1.29 is 20.4 Å². The molecule has 120 valence electrons. The van der Waals surface area contributed by atoms with Gasteiger partial charge >= 0.3 is 0 Å². The molecule has 0 aliphatic carbocycles. The molecular formula is C11H22N6O4. The molecule has 0 radical (unpaired) electrons. The Hall–Kier alpha value is -1.54. The largest absolute Gasteiger partial charge is 0.393 e. The van der Waals surface area contributed by atoms with E-state index in [9.17, 15) is 15.3 Å². The van der Waals surface area contributed by atoms with Crippen LogP contribution in [0, 0.1) is 0 Å². The maximum atomic E-state index is 9.74. The van der Waals surface area contributed by atoms with E-state index in [2.05, 4.69) is 20.1 Å². The smallest absolute Gasteiger partial charge is 0.141 e. The second kappa shape index (κ2) is 11.2. The van der Waals surface area contributed by atoms with Gasteiger partial charge in [0.25, 0.3) is 0 Å². The molecule has 0 aromatic heterocycles. The Morgan fingerprint density at radius 3 is 1.81 bits per heavy atom. The molecule has 0 aromatic carbocycles. The maximum Gasteiger partial charge on any atom is 0.141 e. The molecule has 4 atom stereocenters. The third kappa shape index (κ3) is 9.91. The van der Waals surface area contributed by atoms with E-state index in [0.717, 1.165) is 0 Å². The molecule has 21 heavy (non-hydrogen) atoms. The van der Waals surface area contributed by atoms with Crippen molar-refractivity contribution in [2.24, 2.45) is 10.2 Å². The molecule has 0 aliphatic heterocycles. The quantitative estimate of drug-likeness (QED) is 0.255. The first-order valence-electron chi connectivity index (χ1n) is 6.71. The van der Waals surface area contributed by atoms with Gasteiger partial charge in [-0.05, 0) is 50.1 Å². The van der Waals surface area contributed by atoms with Gasteiger partial charge in [0.15, 0.2) is 0 Å². The predicted octanol–water partition coefficient (Wildman–Crippen LogP) is 1.35. The van der Waals surface area contributed by atoms with Crippen LogP contribution in [0.5, 0.6) is 0 Å². The molecule has 10 nitrogen and oxygen atoms in total. The number of aliphatic hydroxyl groups is 4. The van der Waals surface area contributed by atoms with Crippen LogP contribution in [0.25, 0.3) is 20.9 Å². The molecule has 0 aliphatic rings. The molecule has 0 saturated heterocycles. The zero-order chi connectivity index (χ0) is 16.3. The lowest BCUT2D eigenvalue weighted by Crippen LogP contribution is -2.27. The lowest BCUT2D eigenvalue weighted by molar-refractivity contribution is 0.0540. The van der Waals surface area contributed by atoms with Gasteiger partial charge in [0.2, 0.25) is 0 Å². The highest BCUT2D eigenvalue weighted by molar-refractivity contribution is 4.77. The van der Waals surface area contributed by atoms with Gasteiger partial charge in [-0.15, -0.1) is 0 Å². The number of azide groups is 1. The van der Waals surface area contributed by atoms with E-state index >= 15 is 0 Å². The molecule has 4 unspecified atom stereocenters. The third-order valence-corrected chi connectivity index (χ3v) is 2.89. The first-order chi connectivity index (χ1) is 9.90. The van der Waals surface area contributed by atoms with E-state index in [1.165, 1.54) is 0 Å². The van der Waals surface area contributed by atoms with Gasteiger partial charge in [-0.2, -0.15) is 0 Å². The summed E-state index contributed by atoms with van der Waals surface area (Å²) < 4.78 is 0. The molecule has 4 N–H and O–H groups in total.